The van der Waals surface area contributed by atoms with Crippen LogP contribution in [-0.2, 0) is 16.6 Å². The molecule has 0 N–H and O–H groups in total. The number of rotatable bonds is 5. The summed E-state index contributed by atoms with van der Waals surface area (Å²) >= 11 is 8.90. The smallest absolute Gasteiger partial charge is 0.285 e. The third-order valence-electron chi connectivity index (χ3n) is 3.65. The number of sulfonamides is 1. The van der Waals surface area contributed by atoms with Crippen molar-refractivity contribution in [2.45, 2.75) is 29.7 Å². The Morgan fingerprint density at radius 2 is 1.92 bits per heavy atom. The van der Waals surface area contributed by atoms with Gasteiger partial charge < -0.3 is 4.57 Å². The summed E-state index contributed by atoms with van der Waals surface area (Å²) in [5, 5.41) is 0.492. The molecule has 1 heterocycles. The molecule has 0 unspecified atom stereocenters. The molecule has 0 aliphatic rings. The molecule has 2 aromatic carbocycles. The second-order valence-electron chi connectivity index (χ2n) is 5.39. The standard InChI is InChI=1S/C17H17ClN2O2S3/c1-3-10-20-15-9-6-13(23-2)11-16(15)24-17(20)19-25(21,22)14-7-4-12(18)5-8-14/h4-9,11H,3,10H2,1-2H3/b19-17-. The number of thiazole rings is 1. The molecule has 0 aliphatic carbocycles. The number of halogens is 1. The second-order valence-corrected chi connectivity index (χ2v) is 9.32. The number of thioether (sulfide) groups is 1. The van der Waals surface area contributed by atoms with Crippen LogP contribution in [0.1, 0.15) is 13.3 Å². The summed E-state index contributed by atoms with van der Waals surface area (Å²) in [5.41, 5.74) is 1.01. The predicted octanol–water partition coefficient (Wildman–Crippen LogP) is 4.78. The number of fused-ring (bicyclic) bond motifs is 1. The van der Waals surface area contributed by atoms with Crippen LogP contribution in [-0.4, -0.2) is 19.2 Å². The lowest BCUT2D eigenvalue weighted by atomic mass is 10.3. The molecular weight excluding hydrogens is 396 g/mol. The van der Waals surface area contributed by atoms with Crippen LogP contribution in [0, 0.1) is 0 Å². The molecule has 8 heteroatoms. The van der Waals surface area contributed by atoms with E-state index in [9.17, 15) is 8.42 Å². The highest BCUT2D eigenvalue weighted by Gasteiger charge is 2.15. The fourth-order valence-electron chi connectivity index (χ4n) is 2.45. The molecule has 0 amide bonds. The topological polar surface area (TPSA) is 51.4 Å². The van der Waals surface area contributed by atoms with E-state index in [1.54, 1.807) is 23.9 Å². The summed E-state index contributed by atoms with van der Waals surface area (Å²) in [7, 11) is -3.78. The number of aryl methyl sites for hydroxylation is 1. The van der Waals surface area contributed by atoms with Crippen LogP contribution < -0.4 is 4.80 Å². The maximum Gasteiger partial charge on any atom is 0.285 e. The molecule has 3 aromatic rings. The van der Waals surface area contributed by atoms with E-state index >= 15 is 0 Å². The Bertz CT molecular complexity index is 1070. The van der Waals surface area contributed by atoms with Gasteiger partial charge in [-0.3, -0.25) is 0 Å². The Morgan fingerprint density at radius 1 is 1.20 bits per heavy atom. The van der Waals surface area contributed by atoms with Gasteiger partial charge >= 0.3 is 0 Å². The van der Waals surface area contributed by atoms with Crippen LogP contribution >= 0.6 is 34.7 Å². The molecule has 132 valence electrons. The van der Waals surface area contributed by atoms with Gasteiger partial charge in [-0.25, -0.2) is 0 Å². The molecule has 0 spiro atoms. The van der Waals surface area contributed by atoms with E-state index in [-0.39, 0.29) is 4.90 Å². The third-order valence-corrected chi connectivity index (χ3v) is 7.06. The lowest BCUT2D eigenvalue weighted by Crippen LogP contribution is -2.17. The van der Waals surface area contributed by atoms with Gasteiger partial charge in [0, 0.05) is 16.5 Å². The average molecular weight is 413 g/mol. The summed E-state index contributed by atoms with van der Waals surface area (Å²) in [5.74, 6) is 0. The Hall–Kier alpha value is -1.28. The van der Waals surface area contributed by atoms with E-state index in [0.717, 1.165) is 21.5 Å². The minimum atomic E-state index is -3.78. The summed E-state index contributed by atoms with van der Waals surface area (Å²) in [6, 6.07) is 12.2. The zero-order valence-corrected chi connectivity index (χ0v) is 17.0. The van der Waals surface area contributed by atoms with Crippen LogP contribution in [0.15, 0.2) is 56.7 Å². The summed E-state index contributed by atoms with van der Waals surface area (Å²) < 4.78 is 32.4. The third kappa shape index (κ3) is 3.95. The van der Waals surface area contributed by atoms with Crippen LogP contribution in [0.4, 0.5) is 0 Å². The molecule has 0 saturated heterocycles. The molecule has 0 radical (unpaired) electrons. The minimum absolute atomic E-state index is 0.141. The number of hydrogen-bond acceptors (Lipinski definition) is 4. The molecule has 4 nitrogen and oxygen atoms in total. The van der Waals surface area contributed by atoms with E-state index in [1.807, 2.05) is 23.0 Å². The SMILES string of the molecule is CCCn1/c(=N/S(=O)(=O)c2ccc(Cl)cc2)sc2cc(SC)ccc21. The van der Waals surface area contributed by atoms with Gasteiger partial charge in [0.1, 0.15) is 0 Å². The van der Waals surface area contributed by atoms with Crippen molar-refractivity contribution < 1.29 is 8.42 Å². The van der Waals surface area contributed by atoms with Crippen molar-refractivity contribution in [1.29, 1.82) is 0 Å². The molecule has 0 atom stereocenters. The van der Waals surface area contributed by atoms with Crippen LogP contribution in [0.5, 0.6) is 0 Å². The highest BCUT2D eigenvalue weighted by atomic mass is 35.5. The molecule has 1 aromatic heterocycles. The Kier molecular flexibility index (Phi) is 5.58. The Morgan fingerprint density at radius 3 is 2.56 bits per heavy atom. The van der Waals surface area contributed by atoms with Crippen molar-refractivity contribution in [2.24, 2.45) is 4.40 Å². The maximum absolute atomic E-state index is 12.6. The van der Waals surface area contributed by atoms with Crippen molar-refractivity contribution in [3.8, 4) is 0 Å². The molecule has 0 bridgehead atoms. The van der Waals surface area contributed by atoms with Gasteiger partial charge in [0.05, 0.1) is 15.1 Å². The quantitative estimate of drug-likeness (QED) is 0.566. The molecule has 3 rings (SSSR count). The van der Waals surface area contributed by atoms with Gasteiger partial charge in [-0.1, -0.05) is 29.9 Å². The first-order valence-corrected chi connectivity index (χ1v) is 11.5. The molecular formula is C17H17ClN2O2S3. The van der Waals surface area contributed by atoms with Crippen molar-refractivity contribution >= 4 is 54.9 Å². The average Bonchev–Trinajstić information content (AvgIpc) is 2.91. The molecule has 0 aliphatic heterocycles. The van der Waals surface area contributed by atoms with E-state index in [0.29, 0.717) is 16.4 Å². The predicted molar refractivity (Wildman–Crippen MR) is 106 cm³/mol. The number of hydrogen-bond donors (Lipinski definition) is 0. The molecule has 25 heavy (non-hydrogen) atoms. The van der Waals surface area contributed by atoms with Gasteiger partial charge in [-0.15, -0.1) is 16.2 Å². The second kappa shape index (κ2) is 7.53. The largest absolute Gasteiger partial charge is 0.316 e. The lowest BCUT2D eigenvalue weighted by Gasteiger charge is -2.04. The normalized spacial score (nSPS) is 12.8. The maximum atomic E-state index is 12.6. The van der Waals surface area contributed by atoms with E-state index in [1.165, 1.54) is 23.5 Å². The summed E-state index contributed by atoms with van der Waals surface area (Å²) in [6.07, 6.45) is 2.91. The number of aromatic nitrogens is 1. The minimum Gasteiger partial charge on any atom is -0.316 e. The number of benzene rings is 2. The first-order valence-electron chi connectivity index (χ1n) is 7.68. The van der Waals surface area contributed by atoms with Gasteiger partial charge in [0.2, 0.25) is 4.80 Å². The summed E-state index contributed by atoms with van der Waals surface area (Å²) in [4.78, 5) is 1.77. The lowest BCUT2D eigenvalue weighted by molar-refractivity contribution is 0.594. The highest BCUT2D eigenvalue weighted by molar-refractivity contribution is 7.98. The van der Waals surface area contributed by atoms with E-state index < -0.39 is 10.0 Å². The van der Waals surface area contributed by atoms with Gasteiger partial charge in [-0.05, 0) is 55.1 Å². The van der Waals surface area contributed by atoms with E-state index in [2.05, 4.69) is 17.4 Å². The van der Waals surface area contributed by atoms with Crippen LogP contribution in [0.2, 0.25) is 5.02 Å². The van der Waals surface area contributed by atoms with Gasteiger partial charge in [0.25, 0.3) is 10.0 Å². The van der Waals surface area contributed by atoms with Crippen LogP contribution in [0.3, 0.4) is 0 Å². The van der Waals surface area contributed by atoms with Gasteiger partial charge in [0.15, 0.2) is 0 Å². The van der Waals surface area contributed by atoms with Crippen molar-refractivity contribution in [3.05, 3.63) is 52.3 Å². The summed E-state index contributed by atoms with van der Waals surface area (Å²) in [6.45, 7) is 2.78. The monoisotopic (exact) mass is 412 g/mol. The fraction of sp³-hybridized carbons (Fsp3) is 0.235. The highest BCUT2D eigenvalue weighted by Crippen LogP contribution is 2.25. The zero-order valence-electron chi connectivity index (χ0n) is 13.8. The van der Waals surface area contributed by atoms with Crippen molar-refractivity contribution in [3.63, 3.8) is 0 Å². The Balaban J connectivity index is 2.20. The molecule has 0 saturated carbocycles. The van der Waals surface area contributed by atoms with E-state index in [4.69, 9.17) is 11.6 Å². The first-order chi connectivity index (χ1) is 11.9. The van der Waals surface area contributed by atoms with Crippen LogP contribution in [0.25, 0.3) is 10.2 Å². The zero-order chi connectivity index (χ0) is 18.0. The van der Waals surface area contributed by atoms with Crippen molar-refractivity contribution in [2.75, 3.05) is 6.26 Å². The fourth-order valence-corrected chi connectivity index (χ4v) is 5.39. The number of nitrogens with zero attached hydrogens (tertiary/aromatic N) is 2. The van der Waals surface area contributed by atoms with Gasteiger partial charge in [-0.2, -0.15) is 8.42 Å². The first kappa shape index (κ1) is 18.5. The Labute approximate surface area is 160 Å². The molecule has 0 fully saturated rings. The van der Waals surface area contributed by atoms with Crippen molar-refractivity contribution in [1.82, 2.24) is 4.57 Å².